The fourth-order valence-electron chi connectivity index (χ4n) is 4.45. The van der Waals surface area contributed by atoms with Crippen LogP contribution in [0.25, 0.3) is 22.4 Å². The van der Waals surface area contributed by atoms with Crippen LogP contribution in [0.5, 0.6) is 0 Å². The van der Waals surface area contributed by atoms with Crippen LogP contribution >= 0.6 is 0 Å². The van der Waals surface area contributed by atoms with Gasteiger partial charge in [-0.25, -0.2) is 15.0 Å². The Bertz CT molecular complexity index is 1570. The van der Waals surface area contributed by atoms with Gasteiger partial charge in [0.05, 0.1) is 47.3 Å². The average molecular weight is 542 g/mol. The van der Waals surface area contributed by atoms with E-state index < -0.39 is 23.9 Å². The van der Waals surface area contributed by atoms with Crippen molar-refractivity contribution in [3.05, 3.63) is 58.5 Å². The molecule has 1 aromatic carbocycles. The lowest BCUT2D eigenvalue weighted by molar-refractivity contribution is -0.221. The van der Waals surface area contributed by atoms with E-state index in [-0.39, 0.29) is 30.2 Å². The van der Waals surface area contributed by atoms with E-state index in [4.69, 9.17) is 10.5 Å². The van der Waals surface area contributed by atoms with Gasteiger partial charge in [-0.2, -0.15) is 13.2 Å². The van der Waals surface area contributed by atoms with Gasteiger partial charge in [0.15, 0.2) is 6.10 Å². The predicted octanol–water partition coefficient (Wildman–Crippen LogP) is 3.28. The van der Waals surface area contributed by atoms with E-state index in [9.17, 15) is 18.0 Å². The summed E-state index contributed by atoms with van der Waals surface area (Å²) in [6, 6.07) is 6.36. The molecule has 3 aromatic heterocycles. The van der Waals surface area contributed by atoms with E-state index in [2.05, 4.69) is 35.2 Å². The van der Waals surface area contributed by atoms with Gasteiger partial charge in [-0.05, 0) is 31.2 Å². The molecule has 4 heterocycles. The van der Waals surface area contributed by atoms with Crippen LogP contribution in [0, 0.1) is 0 Å². The largest absolute Gasteiger partial charge is 0.416 e. The van der Waals surface area contributed by atoms with Gasteiger partial charge in [0.25, 0.3) is 5.56 Å². The van der Waals surface area contributed by atoms with Crippen LogP contribution in [0.15, 0.2) is 46.4 Å². The second-order valence-corrected chi connectivity index (χ2v) is 9.03. The molecule has 39 heavy (non-hydrogen) atoms. The van der Waals surface area contributed by atoms with E-state index >= 15 is 0 Å². The molecule has 1 saturated heterocycles. The first-order chi connectivity index (χ1) is 18.7. The zero-order chi connectivity index (χ0) is 27.7. The lowest BCUT2D eigenvalue weighted by atomic mass is 10.1. The number of H-pyrrole nitrogens is 2. The van der Waals surface area contributed by atoms with E-state index in [0.717, 1.165) is 0 Å². The quantitative estimate of drug-likeness (QED) is 0.272. The summed E-state index contributed by atoms with van der Waals surface area (Å²) >= 11 is 0. The Hall–Kier alpha value is -4.46. The molecule has 4 aromatic rings. The van der Waals surface area contributed by atoms with E-state index in [1.54, 1.807) is 48.6 Å². The first-order valence-corrected chi connectivity index (χ1v) is 12.1. The Kier molecular flexibility index (Phi) is 6.95. The van der Waals surface area contributed by atoms with Gasteiger partial charge in [0.2, 0.25) is 0 Å². The summed E-state index contributed by atoms with van der Waals surface area (Å²) in [6.07, 6.45) is -1.66. The van der Waals surface area contributed by atoms with Gasteiger partial charge in [-0.1, -0.05) is 0 Å². The number of rotatable bonds is 6. The van der Waals surface area contributed by atoms with Gasteiger partial charge >= 0.3 is 6.18 Å². The molecule has 1 fully saturated rings. The molecule has 0 radical (unpaired) electrons. The summed E-state index contributed by atoms with van der Waals surface area (Å²) in [7, 11) is 1.56. The van der Waals surface area contributed by atoms with Crippen molar-refractivity contribution in [2.45, 2.75) is 25.2 Å². The van der Waals surface area contributed by atoms with Crippen LogP contribution in [-0.2, 0) is 4.74 Å². The van der Waals surface area contributed by atoms with Gasteiger partial charge in [0, 0.05) is 37.9 Å². The average Bonchev–Trinajstić information content (AvgIpc) is 3.34. The van der Waals surface area contributed by atoms with Gasteiger partial charge in [-0.15, -0.1) is 0 Å². The normalized spacial score (nSPS) is 17.2. The second-order valence-electron chi connectivity index (χ2n) is 9.03. The monoisotopic (exact) mass is 541 g/mol. The minimum atomic E-state index is -4.45. The van der Waals surface area contributed by atoms with E-state index in [1.165, 1.54) is 6.21 Å². The lowest BCUT2D eigenvalue weighted by Crippen LogP contribution is -2.49. The van der Waals surface area contributed by atoms with E-state index in [1.807, 2.05) is 6.92 Å². The van der Waals surface area contributed by atoms with Crippen LogP contribution < -0.4 is 21.5 Å². The smallest absolute Gasteiger partial charge is 0.395 e. The SMILES string of the molecule is CN=Cc1[nH]c(=O)c(-c2nc3ccc(N4CCOC(C(F)(F)F)C4)cc3[nH]2)c(NC(C)c2ncccn2)c1N. The summed E-state index contributed by atoms with van der Waals surface area (Å²) in [5.41, 5.74) is 8.65. The van der Waals surface area contributed by atoms with Crippen LogP contribution in [0.3, 0.4) is 0 Å². The van der Waals surface area contributed by atoms with Crippen LogP contribution in [0.4, 0.5) is 30.2 Å². The van der Waals surface area contributed by atoms with Crippen molar-refractivity contribution in [2.75, 3.05) is 42.7 Å². The zero-order valence-corrected chi connectivity index (χ0v) is 21.1. The number of nitrogen functional groups attached to an aromatic ring is 1. The van der Waals surface area contributed by atoms with Crippen molar-refractivity contribution in [1.82, 2.24) is 24.9 Å². The third-order valence-corrected chi connectivity index (χ3v) is 6.38. The summed E-state index contributed by atoms with van der Waals surface area (Å²) in [4.78, 5) is 37.8. The standard InChI is InChI=1S/C25H26F3N9O2/c1-13(22-31-6-3-7-32-22)33-21-19(24(38)36-17(11-30-2)20(21)29)23-34-15-5-4-14(10-16(15)35-23)37-8-9-39-18(12-37)25(26,27)28/h3-7,10-11,13,18H,8-9,12,29H2,1-2H3,(H,34,35)(H2,33,36,38). The molecular formula is C25H26F3N9O2. The molecule has 204 valence electrons. The maximum absolute atomic E-state index is 13.3. The lowest BCUT2D eigenvalue weighted by Gasteiger charge is -2.35. The molecule has 0 spiro atoms. The van der Waals surface area contributed by atoms with Crippen molar-refractivity contribution in [3.63, 3.8) is 0 Å². The number of aromatic amines is 2. The van der Waals surface area contributed by atoms with Gasteiger partial charge < -0.3 is 30.7 Å². The Balaban J connectivity index is 1.55. The highest BCUT2D eigenvalue weighted by molar-refractivity contribution is 5.95. The number of nitrogens with two attached hydrogens (primary N) is 1. The number of anilines is 3. The zero-order valence-electron chi connectivity index (χ0n) is 21.1. The van der Waals surface area contributed by atoms with E-state index in [0.29, 0.717) is 40.5 Å². The van der Waals surface area contributed by atoms with Crippen molar-refractivity contribution in [3.8, 4) is 11.4 Å². The number of pyridine rings is 1. The first kappa shape index (κ1) is 26.2. The van der Waals surface area contributed by atoms with Crippen molar-refractivity contribution < 1.29 is 17.9 Å². The Morgan fingerprint density at radius 3 is 2.77 bits per heavy atom. The van der Waals surface area contributed by atoms with Crippen LogP contribution in [-0.4, -0.2) is 70.2 Å². The highest BCUT2D eigenvalue weighted by Crippen LogP contribution is 2.34. The summed E-state index contributed by atoms with van der Waals surface area (Å²) < 4.78 is 44.6. The summed E-state index contributed by atoms with van der Waals surface area (Å²) in [5.74, 6) is 0.722. The molecule has 0 aliphatic carbocycles. The second kappa shape index (κ2) is 10.4. The minimum absolute atomic E-state index is 0.0448. The molecule has 2 atom stereocenters. The first-order valence-electron chi connectivity index (χ1n) is 12.1. The third kappa shape index (κ3) is 5.27. The fourth-order valence-corrected chi connectivity index (χ4v) is 4.45. The Labute approximate surface area is 220 Å². The molecule has 2 unspecified atom stereocenters. The number of hydrogen-bond acceptors (Lipinski definition) is 9. The topological polar surface area (TPSA) is 150 Å². The highest BCUT2D eigenvalue weighted by Gasteiger charge is 2.43. The minimum Gasteiger partial charge on any atom is -0.395 e. The number of halogens is 3. The molecule has 1 aliphatic rings. The number of imidazole rings is 1. The number of aliphatic imine (C=N–C) groups is 1. The maximum atomic E-state index is 13.3. The number of morpholine rings is 1. The number of nitrogens with one attached hydrogen (secondary N) is 3. The number of fused-ring (bicyclic) bond motifs is 1. The summed E-state index contributed by atoms with van der Waals surface area (Å²) in [5, 5.41) is 3.24. The number of aromatic nitrogens is 5. The predicted molar refractivity (Wildman–Crippen MR) is 142 cm³/mol. The number of alkyl halides is 3. The molecule has 0 amide bonds. The molecule has 0 bridgehead atoms. The number of ether oxygens (including phenoxy) is 1. The third-order valence-electron chi connectivity index (χ3n) is 6.38. The Morgan fingerprint density at radius 1 is 1.28 bits per heavy atom. The van der Waals surface area contributed by atoms with Crippen molar-refractivity contribution >= 4 is 34.3 Å². The number of hydrogen-bond donors (Lipinski definition) is 4. The van der Waals surface area contributed by atoms with Crippen molar-refractivity contribution in [2.24, 2.45) is 4.99 Å². The molecule has 0 saturated carbocycles. The number of benzene rings is 1. The molecule has 1 aliphatic heterocycles. The molecule has 14 heteroatoms. The molecular weight excluding hydrogens is 515 g/mol. The fraction of sp³-hybridized carbons (Fsp3) is 0.320. The number of nitrogens with zero attached hydrogens (tertiary/aromatic N) is 5. The van der Waals surface area contributed by atoms with Gasteiger partial charge in [0.1, 0.15) is 17.2 Å². The summed E-state index contributed by atoms with van der Waals surface area (Å²) in [6.45, 7) is 1.77. The van der Waals surface area contributed by atoms with Crippen LogP contribution in [0.1, 0.15) is 24.5 Å². The molecule has 11 nitrogen and oxygen atoms in total. The maximum Gasteiger partial charge on any atom is 0.416 e. The van der Waals surface area contributed by atoms with Crippen molar-refractivity contribution in [1.29, 1.82) is 0 Å². The molecule has 5 N–H and O–H groups in total. The molecule has 5 rings (SSSR count). The Morgan fingerprint density at radius 2 is 2.05 bits per heavy atom. The van der Waals surface area contributed by atoms with Gasteiger partial charge in [-0.3, -0.25) is 9.79 Å². The van der Waals surface area contributed by atoms with Crippen LogP contribution in [0.2, 0.25) is 0 Å². The highest BCUT2D eigenvalue weighted by atomic mass is 19.4.